The van der Waals surface area contributed by atoms with Crippen LogP contribution in [0.25, 0.3) is 22.3 Å². The molecule has 4 unspecified atom stereocenters. The molecule has 2 aromatic carbocycles. The van der Waals surface area contributed by atoms with Crippen LogP contribution in [0.5, 0.6) is 17.2 Å². The number of carboxylic acids is 1. The Labute approximate surface area is 235 Å². The van der Waals surface area contributed by atoms with Crippen molar-refractivity contribution in [3.8, 4) is 28.6 Å². The zero-order valence-corrected chi connectivity index (χ0v) is 21.8. The Morgan fingerprint density at radius 3 is 2.00 bits per heavy atom. The van der Waals surface area contributed by atoms with Crippen molar-refractivity contribution in [2.45, 2.75) is 68.3 Å². The number of phenolic OH excluding ortho intramolecular Hbond substituents is 1. The molecule has 1 aromatic heterocycles. The largest absolute Gasteiger partial charge is 0.507 e. The fourth-order valence-electron chi connectivity index (χ4n) is 4.68. The lowest BCUT2D eigenvalue weighted by Gasteiger charge is -2.38. The molecule has 0 radical (unpaired) electrons. The zero-order chi connectivity index (χ0) is 30.5. The summed E-state index contributed by atoms with van der Waals surface area (Å²) in [5, 5.41) is 79.6. The fourth-order valence-corrected chi connectivity index (χ4v) is 4.68. The number of aliphatic hydroxyl groups is 6. The summed E-state index contributed by atoms with van der Waals surface area (Å²) in [5.41, 5.74) is -0.364. The van der Waals surface area contributed by atoms with E-state index in [4.69, 9.17) is 23.4 Å². The number of phenols is 1. The van der Waals surface area contributed by atoms with Crippen molar-refractivity contribution in [2.24, 2.45) is 0 Å². The number of ether oxygens (including phenoxy) is 4. The number of fused-ring (bicyclic) bond motifs is 1. The third-order valence-electron chi connectivity index (χ3n) is 7.05. The highest BCUT2D eigenvalue weighted by atomic mass is 16.7. The highest BCUT2D eigenvalue weighted by molar-refractivity contribution is 5.86. The van der Waals surface area contributed by atoms with Crippen LogP contribution in [0.1, 0.15) is 6.92 Å². The molecule has 0 aliphatic carbocycles. The van der Waals surface area contributed by atoms with E-state index in [0.29, 0.717) is 5.56 Å². The average molecular weight is 593 g/mol. The summed E-state index contributed by atoms with van der Waals surface area (Å²) in [6, 6.07) is 9.33. The monoisotopic (exact) mass is 592 g/mol. The molecule has 0 amide bonds. The topological polar surface area (TPSA) is 246 Å². The maximum Gasteiger partial charge on any atom is 0.335 e. The second kappa shape index (κ2) is 11.5. The van der Waals surface area contributed by atoms with E-state index in [1.165, 1.54) is 37.3 Å². The van der Waals surface area contributed by atoms with Crippen LogP contribution in [0.15, 0.2) is 51.7 Å². The van der Waals surface area contributed by atoms with Crippen LogP contribution in [-0.2, 0) is 14.3 Å². The molecule has 3 aromatic rings. The van der Waals surface area contributed by atoms with Crippen molar-refractivity contribution in [2.75, 3.05) is 0 Å². The fraction of sp³-hybridized carbons (Fsp3) is 0.407. The van der Waals surface area contributed by atoms with E-state index >= 15 is 0 Å². The quantitative estimate of drug-likeness (QED) is 0.165. The van der Waals surface area contributed by atoms with Crippen LogP contribution in [0, 0.1) is 0 Å². The SMILES string of the molecule is CC1O[C@@H](Oc2ccc(-c3cc(=O)c4c(O)cc(O[C@@H]5O[C@@H](C(=O)O)[C@@H](O)C(O)C5O)cc4o3)cc2)[C@@H](O)C(O)[C@H]1O. The summed E-state index contributed by atoms with van der Waals surface area (Å²) in [7, 11) is 0. The van der Waals surface area contributed by atoms with Gasteiger partial charge in [-0.3, -0.25) is 4.79 Å². The molecule has 2 fully saturated rings. The normalized spacial score (nSPS) is 33.3. The lowest BCUT2D eigenvalue weighted by Crippen LogP contribution is -2.61. The second-order valence-electron chi connectivity index (χ2n) is 9.97. The molecule has 8 N–H and O–H groups in total. The third-order valence-corrected chi connectivity index (χ3v) is 7.05. The Morgan fingerprint density at radius 2 is 1.36 bits per heavy atom. The number of aliphatic hydroxyl groups excluding tert-OH is 6. The number of carbonyl (C=O) groups is 1. The van der Waals surface area contributed by atoms with E-state index in [1.54, 1.807) is 0 Å². The Hall–Kier alpha value is -3.80. The summed E-state index contributed by atoms with van der Waals surface area (Å²) in [5.74, 6) is -2.08. The van der Waals surface area contributed by atoms with Gasteiger partial charge in [-0.2, -0.15) is 0 Å². The lowest BCUT2D eigenvalue weighted by atomic mass is 9.99. The number of benzene rings is 2. The Bertz CT molecular complexity index is 1500. The van der Waals surface area contributed by atoms with Crippen LogP contribution in [0.2, 0.25) is 0 Å². The molecule has 2 aliphatic heterocycles. The maximum absolute atomic E-state index is 12.8. The minimum atomic E-state index is -1.93. The number of hydrogen-bond acceptors (Lipinski definition) is 14. The van der Waals surface area contributed by atoms with Gasteiger partial charge in [0.05, 0.1) is 6.10 Å². The standard InChI is InChI=1S/C27H28O15/c1-9-18(30)19(31)22(34)26(38-9)39-11-4-2-10(3-5-11)15-8-14(29)17-13(28)6-12(7-16(17)41-15)40-27-23(35)20(32)21(33)24(42-27)25(36)37/h2-9,18-24,26-28,30-35H,1H3,(H,36,37)/t9?,18-,19?,20?,21-,22-,23?,24+,26-,27+/m0/s1. The van der Waals surface area contributed by atoms with Gasteiger partial charge in [0.25, 0.3) is 0 Å². The van der Waals surface area contributed by atoms with Crippen LogP contribution in [0.4, 0.5) is 0 Å². The van der Waals surface area contributed by atoms with Crippen molar-refractivity contribution < 1.29 is 69.0 Å². The van der Waals surface area contributed by atoms with E-state index in [1.807, 2.05) is 0 Å². The molecule has 10 atom stereocenters. The zero-order valence-electron chi connectivity index (χ0n) is 21.8. The van der Waals surface area contributed by atoms with Gasteiger partial charge in [0, 0.05) is 23.8 Å². The van der Waals surface area contributed by atoms with Gasteiger partial charge in [0.15, 0.2) is 11.5 Å². The molecule has 226 valence electrons. The molecular weight excluding hydrogens is 564 g/mol. The van der Waals surface area contributed by atoms with Gasteiger partial charge in [0.1, 0.15) is 70.6 Å². The smallest absolute Gasteiger partial charge is 0.335 e. The molecule has 42 heavy (non-hydrogen) atoms. The van der Waals surface area contributed by atoms with Crippen LogP contribution < -0.4 is 14.9 Å². The molecule has 2 saturated heterocycles. The first-order valence-corrected chi connectivity index (χ1v) is 12.7. The van der Waals surface area contributed by atoms with E-state index in [9.17, 15) is 50.4 Å². The van der Waals surface area contributed by atoms with Gasteiger partial charge in [0.2, 0.25) is 12.6 Å². The molecule has 0 saturated carbocycles. The number of aromatic hydroxyl groups is 1. The Balaban J connectivity index is 1.38. The predicted octanol–water partition coefficient (Wildman–Crippen LogP) is -1.36. The molecule has 5 rings (SSSR count). The average Bonchev–Trinajstić information content (AvgIpc) is 2.94. The molecular formula is C27H28O15. The van der Waals surface area contributed by atoms with Crippen molar-refractivity contribution in [1.29, 1.82) is 0 Å². The number of rotatable bonds is 6. The van der Waals surface area contributed by atoms with Gasteiger partial charge in [-0.1, -0.05) is 0 Å². The lowest BCUT2D eigenvalue weighted by molar-refractivity contribution is -0.271. The Morgan fingerprint density at radius 1 is 0.762 bits per heavy atom. The molecule has 0 spiro atoms. The van der Waals surface area contributed by atoms with Crippen LogP contribution in [-0.4, -0.2) is 108 Å². The summed E-state index contributed by atoms with van der Waals surface area (Å²) in [4.78, 5) is 24.2. The van der Waals surface area contributed by atoms with Crippen molar-refractivity contribution in [1.82, 2.24) is 0 Å². The van der Waals surface area contributed by atoms with Crippen molar-refractivity contribution in [3.05, 3.63) is 52.7 Å². The first kappa shape index (κ1) is 29.7. The van der Waals surface area contributed by atoms with Gasteiger partial charge in [-0.25, -0.2) is 4.79 Å². The second-order valence-corrected chi connectivity index (χ2v) is 9.97. The van der Waals surface area contributed by atoms with Crippen molar-refractivity contribution >= 4 is 16.9 Å². The minimum Gasteiger partial charge on any atom is -0.507 e. The van der Waals surface area contributed by atoms with E-state index in [2.05, 4.69) is 0 Å². The maximum atomic E-state index is 12.8. The summed E-state index contributed by atoms with van der Waals surface area (Å²) in [6.07, 6.45) is -15.7. The van der Waals surface area contributed by atoms with Crippen LogP contribution >= 0.6 is 0 Å². The molecule has 2 aliphatic rings. The van der Waals surface area contributed by atoms with Gasteiger partial charge in [-0.15, -0.1) is 0 Å². The van der Waals surface area contributed by atoms with E-state index in [0.717, 1.165) is 12.1 Å². The first-order valence-electron chi connectivity index (χ1n) is 12.7. The summed E-state index contributed by atoms with van der Waals surface area (Å²) >= 11 is 0. The minimum absolute atomic E-state index is 0.0650. The van der Waals surface area contributed by atoms with E-state index < -0.39 is 78.6 Å². The molecule has 15 nitrogen and oxygen atoms in total. The Kier molecular flexibility index (Phi) is 8.10. The predicted molar refractivity (Wildman–Crippen MR) is 138 cm³/mol. The first-order chi connectivity index (χ1) is 19.8. The summed E-state index contributed by atoms with van der Waals surface area (Å²) in [6.45, 7) is 1.51. The highest BCUT2D eigenvalue weighted by Crippen LogP contribution is 2.34. The third kappa shape index (κ3) is 5.51. The van der Waals surface area contributed by atoms with Crippen molar-refractivity contribution in [3.63, 3.8) is 0 Å². The highest BCUT2D eigenvalue weighted by Gasteiger charge is 2.48. The van der Waals surface area contributed by atoms with Gasteiger partial charge >= 0.3 is 5.97 Å². The number of aliphatic carboxylic acids is 1. The molecule has 0 bridgehead atoms. The number of hydrogen-bond donors (Lipinski definition) is 8. The number of carboxylic acid groups (broad SMARTS) is 1. The van der Waals surface area contributed by atoms with Gasteiger partial charge in [-0.05, 0) is 31.2 Å². The molecule has 15 heteroatoms. The van der Waals surface area contributed by atoms with Gasteiger partial charge < -0.3 is 64.2 Å². The van der Waals surface area contributed by atoms with E-state index in [-0.39, 0.29) is 28.2 Å². The van der Waals surface area contributed by atoms with Crippen LogP contribution in [0.3, 0.4) is 0 Å². The summed E-state index contributed by atoms with van der Waals surface area (Å²) < 4.78 is 27.4. The molecule has 3 heterocycles.